The van der Waals surface area contributed by atoms with Gasteiger partial charge in [-0.25, -0.2) is 0 Å². The Balaban J connectivity index is 4.17. The molecule has 5 heteroatoms. The van der Waals surface area contributed by atoms with Crippen molar-refractivity contribution in [2.45, 2.75) is 33.6 Å². The quantitative estimate of drug-likeness (QED) is 0.545. The molecule has 0 bridgehead atoms. The fourth-order valence-corrected chi connectivity index (χ4v) is 1.73. The molecule has 0 aromatic rings. The number of rotatable bonds is 6. The first kappa shape index (κ1) is 14.6. The standard InChI is InChI=1S/C10H19O4P/c1-4-8(2)5-6-9(3)10(11)7-15(12,13)14/h5,9H,4,6-7H2,1-3H3,(H2,12,13,14). The lowest BCUT2D eigenvalue weighted by Gasteiger charge is -2.09. The Morgan fingerprint density at radius 1 is 1.47 bits per heavy atom. The van der Waals surface area contributed by atoms with Gasteiger partial charge in [0.25, 0.3) is 0 Å². The van der Waals surface area contributed by atoms with Crippen LogP contribution in [0.4, 0.5) is 0 Å². The Morgan fingerprint density at radius 3 is 2.40 bits per heavy atom. The van der Waals surface area contributed by atoms with Crippen LogP contribution in [-0.2, 0) is 9.36 Å². The van der Waals surface area contributed by atoms with E-state index in [1.807, 2.05) is 19.9 Å². The lowest BCUT2D eigenvalue weighted by molar-refractivity contribution is -0.120. The number of hydrogen-bond acceptors (Lipinski definition) is 2. The normalized spacial score (nSPS) is 15.1. The van der Waals surface area contributed by atoms with Crippen molar-refractivity contribution in [3.63, 3.8) is 0 Å². The van der Waals surface area contributed by atoms with Gasteiger partial charge in [-0.1, -0.05) is 25.5 Å². The molecule has 1 atom stereocenters. The highest BCUT2D eigenvalue weighted by Crippen LogP contribution is 2.35. The second-order valence-electron chi connectivity index (χ2n) is 3.83. The number of ketones is 1. The Kier molecular flexibility index (Phi) is 6.03. The highest BCUT2D eigenvalue weighted by atomic mass is 31.2. The molecule has 4 nitrogen and oxygen atoms in total. The lowest BCUT2D eigenvalue weighted by Crippen LogP contribution is -2.14. The van der Waals surface area contributed by atoms with E-state index in [1.165, 1.54) is 5.57 Å². The first-order chi connectivity index (χ1) is 6.76. The van der Waals surface area contributed by atoms with Crippen molar-refractivity contribution in [1.82, 2.24) is 0 Å². The van der Waals surface area contributed by atoms with Gasteiger partial charge in [-0.2, -0.15) is 0 Å². The van der Waals surface area contributed by atoms with Crippen LogP contribution in [0.3, 0.4) is 0 Å². The summed E-state index contributed by atoms with van der Waals surface area (Å²) in [7, 11) is -4.20. The van der Waals surface area contributed by atoms with E-state index in [1.54, 1.807) is 6.92 Å². The third-order valence-corrected chi connectivity index (χ3v) is 3.01. The van der Waals surface area contributed by atoms with Crippen LogP contribution in [0.2, 0.25) is 0 Å². The van der Waals surface area contributed by atoms with Crippen LogP contribution in [0, 0.1) is 5.92 Å². The first-order valence-corrected chi connectivity index (χ1v) is 6.79. The largest absolute Gasteiger partial charge is 0.332 e. The molecule has 0 aromatic heterocycles. The molecule has 0 radical (unpaired) electrons. The fourth-order valence-electron chi connectivity index (χ4n) is 1.01. The molecule has 0 rings (SSSR count). The summed E-state index contributed by atoms with van der Waals surface area (Å²) in [6.45, 7) is 5.69. The van der Waals surface area contributed by atoms with Crippen molar-refractivity contribution in [2.24, 2.45) is 5.92 Å². The molecule has 0 saturated carbocycles. The van der Waals surface area contributed by atoms with Gasteiger partial charge in [0.05, 0.1) is 0 Å². The van der Waals surface area contributed by atoms with Crippen molar-refractivity contribution in [3.05, 3.63) is 11.6 Å². The van der Waals surface area contributed by atoms with Crippen molar-refractivity contribution in [3.8, 4) is 0 Å². The van der Waals surface area contributed by atoms with Gasteiger partial charge in [0, 0.05) is 5.92 Å². The van der Waals surface area contributed by atoms with E-state index >= 15 is 0 Å². The summed E-state index contributed by atoms with van der Waals surface area (Å²) in [5.41, 5.74) is 1.19. The molecule has 0 aliphatic rings. The van der Waals surface area contributed by atoms with E-state index in [0.717, 1.165) is 6.42 Å². The number of carbonyl (C=O) groups is 1. The zero-order chi connectivity index (χ0) is 12.1. The molecule has 0 saturated heterocycles. The van der Waals surface area contributed by atoms with E-state index in [-0.39, 0.29) is 11.7 Å². The summed E-state index contributed by atoms with van der Waals surface area (Å²) in [6.07, 6.45) is 2.79. The van der Waals surface area contributed by atoms with Crippen LogP contribution in [0.5, 0.6) is 0 Å². The van der Waals surface area contributed by atoms with Crippen LogP contribution in [-0.4, -0.2) is 21.7 Å². The van der Waals surface area contributed by atoms with Crippen molar-refractivity contribution in [1.29, 1.82) is 0 Å². The van der Waals surface area contributed by atoms with Gasteiger partial charge < -0.3 is 9.79 Å². The molecule has 1 unspecified atom stereocenters. The summed E-state index contributed by atoms with van der Waals surface area (Å²) in [5, 5.41) is 0. The second-order valence-corrected chi connectivity index (χ2v) is 5.48. The van der Waals surface area contributed by atoms with Gasteiger partial charge in [0.1, 0.15) is 11.9 Å². The average molecular weight is 234 g/mol. The average Bonchev–Trinajstić information content (AvgIpc) is 2.10. The van der Waals surface area contributed by atoms with Crippen LogP contribution < -0.4 is 0 Å². The van der Waals surface area contributed by atoms with Crippen LogP contribution in [0.1, 0.15) is 33.6 Å². The highest BCUT2D eigenvalue weighted by molar-refractivity contribution is 7.52. The van der Waals surface area contributed by atoms with E-state index in [2.05, 4.69) is 0 Å². The SMILES string of the molecule is CCC(C)=CCC(C)C(=O)CP(=O)(O)O. The van der Waals surface area contributed by atoms with Gasteiger partial charge in [-0.05, 0) is 19.8 Å². The monoisotopic (exact) mass is 234 g/mol. The van der Waals surface area contributed by atoms with E-state index < -0.39 is 13.8 Å². The zero-order valence-corrected chi connectivity index (χ0v) is 10.3. The molecule has 15 heavy (non-hydrogen) atoms. The Bertz CT molecular complexity index is 290. The van der Waals surface area contributed by atoms with Crippen LogP contribution in [0.15, 0.2) is 11.6 Å². The summed E-state index contributed by atoms with van der Waals surface area (Å²) >= 11 is 0. The van der Waals surface area contributed by atoms with Crippen LogP contribution >= 0.6 is 7.60 Å². The van der Waals surface area contributed by atoms with Gasteiger partial charge >= 0.3 is 7.60 Å². The Labute approximate surface area is 90.5 Å². The van der Waals surface area contributed by atoms with E-state index in [4.69, 9.17) is 9.79 Å². The van der Waals surface area contributed by atoms with Gasteiger partial charge in [0.15, 0.2) is 0 Å². The highest BCUT2D eigenvalue weighted by Gasteiger charge is 2.22. The molecular weight excluding hydrogens is 215 g/mol. The predicted octanol–water partition coefficient (Wildman–Crippen LogP) is 2.12. The molecule has 2 N–H and O–H groups in total. The molecule has 88 valence electrons. The molecule has 0 spiro atoms. The maximum atomic E-state index is 11.3. The maximum absolute atomic E-state index is 11.3. The zero-order valence-electron chi connectivity index (χ0n) is 9.43. The third-order valence-electron chi connectivity index (χ3n) is 2.29. The Hall–Kier alpha value is -0.440. The topological polar surface area (TPSA) is 74.6 Å². The summed E-state index contributed by atoms with van der Waals surface area (Å²) in [4.78, 5) is 28.6. The fraction of sp³-hybridized carbons (Fsp3) is 0.700. The number of carbonyl (C=O) groups excluding carboxylic acids is 1. The van der Waals surface area contributed by atoms with E-state index in [9.17, 15) is 9.36 Å². The second kappa shape index (κ2) is 6.21. The smallest absolute Gasteiger partial charge is 0.324 e. The number of allylic oxidation sites excluding steroid dienone is 2. The number of hydrogen-bond donors (Lipinski definition) is 2. The molecular formula is C10H19O4P. The van der Waals surface area contributed by atoms with Gasteiger partial charge in [-0.3, -0.25) is 9.36 Å². The molecule has 0 fully saturated rings. The van der Waals surface area contributed by atoms with Gasteiger partial charge in [-0.15, -0.1) is 0 Å². The maximum Gasteiger partial charge on any atom is 0.332 e. The molecule has 0 amide bonds. The summed E-state index contributed by atoms with van der Waals surface area (Å²) in [6, 6.07) is 0. The molecule has 0 heterocycles. The molecule has 0 aromatic carbocycles. The first-order valence-electron chi connectivity index (χ1n) is 4.99. The van der Waals surface area contributed by atoms with Crippen LogP contribution in [0.25, 0.3) is 0 Å². The van der Waals surface area contributed by atoms with E-state index in [0.29, 0.717) is 6.42 Å². The number of Topliss-reactive ketones (excluding diaryl/α,β-unsaturated/α-hetero) is 1. The van der Waals surface area contributed by atoms with Crippen molar-refractivity contribution < 1.29 is 19.1 Å². The predicted molar refractivity (Wildman–Crippen MR) is 59.7 cm³/mol. The molecule has 0 aliphatic heterocycles. The summed E-state index contributed by atoms with van der Waals surface area (Å²) in [5.74, 6) is -0.692. The lowest BCUT2D eigenvalue weighted by atomic mass is 10.0. The van der Waals surface area contributed by atoms with Crippen molar-refractivity contribution >= 4 is 13.4 Å². The summed E-state index contributed by atoms with van der Waals surface area (Å²) < 4.78 is 10.6. The minimum Gasteiger partial charge on any atom is -0.324 e. The molecule has 0 aliphatic carbocycles. The Morgan fingerprint density at radius 2 is 2.00 bits per heavy atom. The van der Waals surface area contributed by atoms with Crippen molar-refractivity contribution in [2.75, 3.05) is 6.16 Å². The minimum atomic E-state index is -4.20. The minimum absolute atomic E-state index is 0.320. The third kappa shape index (κ3) is 7.48. The van der Waals surface area contributed by atoms with Gasteiger partial charge in [0.2, 0.25) is 0 Å².